The molecule has 6 atom stereocenters. The molecule has 0 unspecified atom stereocenters. The zero-order valence-corrected chi connectivity index (χ0v) is 17.2. The van der Waals surface area contributed by atoms with Gasteiger partial charge in [0.05, 0.1) is 25.4 Å². The fourth-order valence-corrected chi connectivity index (χ4v) is 4.27. The average molecular weight is 398 g/mol. The molecule has 4 rings (SSSR count). The Bertz CT molecular complexity index is 778. The fourth-order valence-electron chi connectivity index (χ4n) is 4.27. The van der Waals surface area contributed by atoms with Crippen LogP contribution in [0.5, 0.6) is 0 Å². The number of hydrogen-bond acceptors (Lipinski definition) is 5. The van der Waals surface area contributed by atoms with Crippen molar-refractivity contribution in [3.05, 3.63) is 71.8 Å². The number of fused-ring (bicyclic) bond motifs is 1. The Labute approximate surface area is 172 Å². The molecule has 5 heteroatoms. The minimum absolute atomic E-state index is 0.126. The second kappa shape index (κ2) is 8.54. The van der Waals surface area contributed by atoms with Gasteiger partial charge in [-0.15, -0.1) is 0 Å². The van der Waals surface area contributed by atoms with Gasteiger partial charge in [-0.25, -0.2) is 0 Å². The molecule has 1 heterocycles. The van der Waals surface area contributed by atoms with Gasteiger partial charge in [-0.2, -0.15) is 0 Å². The van der Waals surface area contributed by atoms with Gasteiger partial charge in [-0.3, -0.25) is 0 Å². The van der Waals surface area contributed by atoms with Gasteiger partial charge in [0.1, 0.15) is 18.3 Å². The molecule has 0 aromatic heterocycles. The summed E-state index contributed by atoms with van der Waals surface area (Å²) in [6, 6.07) is 20.0. The van der Waals surface area contributed by atoms with E-state index in [0.29, 0.717) is 13.2 Å². The summed E-state index contributed by atoms with van der Waals surface area (Å²) < 4.78 is 24.9. The molecule has 0 bridgehead atoms. The van der Waals surface area contributed by atoms with Gasteiger partial charge in [-0.05, 0) is 25.0 Å². The van der Waals surface area contributed by atoms with E-state index in [4.69, 9.17) is 18.9 Å². The quantitative estimate of drug-likeness (QED) is 0.804. The van der Waals surface area contributed by atoms with Crippen molar-refractivity contribution in [2.45, 2.75) is 70.3 Å². The lowest BCUT2D eigenvalue weighted by Gasteiger charge is -2.44. The topological polar surface area (TPSA) is 57.2 Å². The Balaban J connectivity index is 1.55. The van der Waals surface area contributed by atoms with Crippen molar-refractivity contribution in [1.82, 2.24) is 0 Å². The number of aliphatic hydroxyl groups is 1. The zero-order chi connectivity index (χ0) is 20.4. The lowest BCUT2D eigenvalue weighted by Crippen LogP contribution is -2.60. The van der Waals surface area contributed by atoms with Crippen molar-refractivity contribution < 1.29 is 24.1 Å². The maximum atomic E-state index is 11.1. The summed E-state index contributed by atoms with van der Waals surface area (Å²) in [6.07, 6.45) is -2.19. The van der Waals surface area contributed by atoms with E-state index in [0.717, 1.165) is 11.1 Å². The third kappa shape index (κ3) is 4.55. The monoisotopic (exact) mass is 398 g/mol. The molecule has 0 spiro atoms. The highest BCUT2D eigenvalue weighted by Crippen LogP contribution is 2.42. The van der Waals surface area contributed by atoms with Crippen LogP contribution in [0, 0.1) is 5.92 Å². The largest absolute Gasteiger partial charge is 0.390 e. The van der Waals surface area contributed by atoms with Gasteiger partial charge in [0.25, 0.3) is 0 Å². The summed E-state index contributed by atoms with van der Waals surface area (Å²) in [4.78, 5) is 0. The van der Waals surface area contributed by atoms with Crippen LogP contribution in [-0.4, -0.2) is 41.4 Å². The van der Waals surface area contributed by atoms with Crippen LogP contribution in [0.3, 0.4) is 0 Å². The highest BCUT2D eigenvalue weighted by Gasteiger charge is 2.57. The van der Waals surface area contributed by atoms with Crippen LogP contribution in [0.2, 0.25) is 0 Å². The minimum Gasteiger partial charge on any atom is -0.390 e. The van der Waals surface area contributed by atoms with E-state index in [1.165, 1.54) is 0 Å². The molecule has 2 aromatic carbocycles. The molecule has 1 saturated heterocycles. The number of aliphatic hydroxyl groups excluding tert-OH is 1. The standard InChI is InChI=1S/C24H30O5/c1-16-19(25)21(26-14-17-10-6-4-7-11-17)22(23-20(16)28-24(2,3)29-23)27-15-18-12-8-5-9-13-18/h4-13,16,19-23,25H,14-15H2,1-3H3/t16-,19-,20+,21-,22+,23+/m1/s1. The second-order valence-electron chi connectivity index (χ2n) is 8.44. The predicted octanol–water partition coefficient (Wildman–Crippen LogP) is 3.69. The smallest absolute Gasteiger partial charge is 0.163 e. The first kappa shape index (κ1) is 20.5. The van der Waals surface area contributed by atoms with Gasteiger partial charge < -0.3 is 24.1 Å². The molecule has 156 valence electrons. The minimum atomic E-state index is -0.716. The van der Waals surface area contributed by atoms with Gasteiger partial charge in [0, 0.05) is 5.92 Å². The second-order valence-corrected chi connectivity index (χ2v) is 8.44. The highest BCUT2D eigenvalue weighted by molar-refractivity contribution is 5.15. The molecule has 2 aromatic rings. The van der Waals surface area contributed by atoms with E-state index in [2.05, 4.69) is 0 Å². The molecule has 2 aliphatic rings. The van der Waals surface area contributed by atoms with Crippen molar-refractivity contribution in [2.24, 2.45) is 5.92 Å². The van der Waals surface area contributed by atoms with Crippen molar-refractivity contribution in [1.29, 1.82) is 0 Å². The summed E-state index contributed by atoms with van der Waals surface area (Å²) in [5.74, 6) is -0.842. The van der Waals surface area contributed by atoms with Gasteiger partial charge >= 0.3 is 0 Å². The lowest BCUT2D eigenvalue weighted by atomic mass is 9.79. The predicted molar refractivity (Wildman–Crippen MR) is 109 cm³/mol. The number of benzene rings is 2. The Morgan fingerprint density at radius 2 is 1.28 bits per heavy atom. The van der Waals surface area contributed by atoms with Crippen molar-refractivity contribution in [3.8, 4) is 0 Å². The van der Waals surface area contributed by atoms with Crippen LogP contribution in [0.1, 0.15) is 31.9 Å². The number of rotatable bonds is 6. The lowest BCUT2D eigenvalue weighted by molar-refractivity contribution is -0.212. The van der Waals surface area contributed by atoms with E-state index < -0.39 is 24.1 Å². The van der Waals surface area contributed by atoms with Crippen LogP contribution in [0.4, 0.5) is 0 Å². The Morgan fingerprint density at radius 1 is 0.793 bits per heavy atom. The fraction of sp³-hybridized carbons (Fsp3) is 0.500. The first-order valence-electron chi connectivity index (χ1n) is 10.3. The summed E-state index contributed by atoms with van der Waals surface area (Å²) in [5.41, 5.74) is 2.12. The molecule has 0 amide bonds. The average Bonchev–Trinajstić information content (AvgIpc) is 3.06. The number of hydrogen-bond donors (Lipinski definition) is 1. The van der Waals surface area contributed by atoms with Crippen LogP contribution in [0.15, 0.2) is 60.7 Å². The first-order chi connectivity index (χ1) is 13.9. The molecule has 5 nitrogen and oxygen atoms in total. The van der Waals surface area contributed by atoms with E-state index >= 15 is 0 Å². The molecule has 1 N–H and O–H groups in total. The Morgan fingerprint density at radius 3 is 1.83 bits per heavy atom. The van der Waals surface area contributed by atoms with Crippen LogP contribution < -0.4 is 0 Å². The maximum Gasteiger partial charge on any atom is 0.163 e. The number of ether oxygens (including phenoxy) is 4. The summed E-state index contributed by atoms with van der Waals surface area (Å²) in [7, 11) is 0. The molecule has 1 aliphatic heterocycles. The molecule has 2 fully saturated rings. The summed E-state index contributed by atoms with van der Waals surface area (Å²) in [5, 5.41) is 11.1. The van der Waals surface area contributed by atoms with Crippen molar-refractivity contribution in [3.63, 3.8) is 0 Å². The third-order valence-corrected chi connectivity index (χ3v) is 5.78. The van der Waals surface area contributed by atoms with Crippen molar-refractivity contribution in [2.75, 3.05) is 0 Å². The van der Waals surface area contributed by atoms with Crippen molar-refractivity contribution >= 4 is 0 Å². The Hall–Kier alpha value is -1.76. The molecule has 1 aliphatic carbocycles. The summed E-state index contributed by atoms with van der Waals surface area (Å²) >= 11 is 0. The first-order valence-corrected chi connectivity index (χ1v) is 10.3. The van der Waals surface area contributed by atoms with E-state index in [1.54, 1.807) is 0 Å². The molecular weight excluding hydrogens is 368 g/mol. The molecule has 29 heavy (non-hydrogen) atoms. The van der Waals surface area contributed by atoms with E-state index in [9.17, 15) is 5.11 Å². The van der Waals surface area contributed by atoms with E-state index in [1.807, 2.05) is 81.4 Å². The molecular formula is C24H30O5. The van der Waals surface area contributed by atoms with Gasteiger partial charge in [0.15, 0.2) is 5.79 Å². The highest BCUT2D eigenvalue weighted by atomic mass is 16.8. The normalized spacial score (nSPS) is 33.4. The third-order valence-electron chi connectivity index (χ3n) is 5.78. The van der Waals surface area contributed by atoms with Crippen LogP contribution in [0.25, 0.3) is 0 Å². The Kier molecular flexibility index (Phi) is 6.04. The van der Waals surface area contributed by atoms with Gasteiger partial charge in [-0.1, -0.05) is 67.6 Å². The SMILES string of the molecule is C[C@@H]1[C@@H](O)[C@@H](OCc2ccccc2)[C@H](OCc2ccccc2)[C@H]2OC(C)(C)O[C@@H]12. The molecule has 1 saturated carbocycles. The van der Waals surface area contributed by atoms with Crippen LogP contribution in [-0.2, 0) is 32.2 Å². The maximum absolute atomic E-state index is 11.1. The molecule has 0 radical (unpaired) electrons. The zero-order valence-electron chi connectivity index (χ0n) is 17.2. The summed E-state index contributed by atoms with van der Waals surface area (Å²) in [6.45, 7) is 6.61. The van der Waals surface area contributed by atoms with E-state index in [-0.39, 0.29) is 18.1 Å². The van der Waals surface area contributed by atoms with Crippen LogP contribution >= 0.6 is 0 Å². The van der Waals surface area contributed by atoms with Gasteiger partial charge in [0.2, 0.25) is 0 Å².